The SMILES string of the molecule is COc1ccccc1CNc1nc(C)nc(Cl)c1C. The van der Waals surface area contributed by atoms with Crippen molar-refractivity contribution in [3.8, 4) is 5.75 Å². The fourth-order valence-corrected chi connectivity index (χ4v) is 2.01. The van der Waals surface area contributed by atoms with Crippen molar-refractivity contribution in [2.75, 3.05) is 12.4 Å². The van der Waals surface area contributed by atoms with Crippen LogP contribution in [0.4, 0.5) is 5.82 Å². The summed E-state index contributed by atoms with van der Waals surface area (Å²) in [6, 6.07) is 7.86. The molecule has 0 aliphatic rings. The number of ether oxygens (including phenoxy) is 1. The van der Waals surface area contributed by atoms with E-state index in [-0.39, 0.29) is 0 Å². The smallest absolute Gasteiger partial charge is 0.137 e. The summed E-state index contributed by atoms with van der Waals surface area (Å²) in [5, 5.41) is 3.75. The van der Waals surface area contributed by atoms with Gasteiger partial charge in [-0.1, -0.05) is 29.8 Å². The summed E-state index contributed by atoms with van der Waals surface area (Å²) in [5.74, 6) is 2.26. The van der Waals surface area contributed by atoms with Crippen LogP contribution in [0, 0.1) is 13.8 Å². The van der Waals surface area contributed by atoms with Crippen LogP contribution in [0.3, 0.4) is 0 Å². The van der Waals surface area contributed by atoms with Gasteiger partial charge < -0.3 is 10.1 Å². The number of para-hydroxylation sites is 1. The number of nitrogens with one attached hydrogen (secondary N) is 1. The predicted octanol–water partition coefficient (Wildman–Crippen LogP) is 3.37. The first-order valence-corrected chi connectivity index (χ1v) is 6.36. The Morgan fingerprint density at radius 2 is 1.95 bits per heavy atom. The highest BCUT2D eigenvalue weighted by atomic mass is 35.5. The molecule has 100 valence electrons. The lowest BCUT2D eigenvalue weighted by atomic mass is 10.2. The molecule has 0 unspecified atom stereocenters. The van der Waals surface area contributed by atoms with Gasteiger partial charge in [-0.3, -0.25) is 0 Å². The molecule has 0 fully saturated rings. The van der Waals surface area contributed by atoms with Crippen molar-refractivity contribution in [2.24, 2.45) is 0 Å². The topological polar surface area (TPSA) is 47.0 Å². The summed E-state index contributed by atoms with van der Waals surface area (Å²) in [4.78, 5) is 8.47. The van der Waals surface area contributed by atoms with Gasteiger partial charge in [-0.25, -0.2) is 9.97 Å². The van der Waals surface area contributed by atoms with Crippen LogP contribution < -0.4 is 10.1 Å². The maximum absolute atomic E-state index is 6.04. The van der Waals surface area contributed by atoms with Crippen LogP contribution in [0.1, 0.15) is 17.0 Å². The summed E-state index contributed by atoms with van der Waals surface area (Å²) in [6.07, 6.45) is 0. The van der Waals surface area contributed by atoms with E-state index in [1.165, 1.54) is 0 Å². The van der Waals surface area contributed by atoms with Gasteiger partial charge in [0.1, 0.15) is 22.5 Å². The second-order valence-electron chi connectivity index (χ2n) is 4.20. The first-order chi connectivity index (χ1) is 9.11. The molecule has 0 saturated carbocycles. The third-order valence-electron chi connectivity index (χ3n) is 2.84. The van der Waals surface area contributed by atoms with Gasteiger partial charge in [-0.2, -0.15) is 0 Å². The Kier molecular flexibility index (Phi) is 4.22. The number of aryl methyl sites for hydroxylation is 1. The largest absolute Gasteiger partial charge is 0.496 e. The molecule has 0 bridgehead atoms. The molecule has 2 rings (SSSR count). The molecule has 1 N–H and O–H groups in total. The molecule has 0 atom stereocenters. The molecule has 0 aliphatic carbocycles. The normalized spacial score (nSPS) is 10.3. The summed E-state index contributed by atoms with van der Waals surface area (Å²) >= 11 is 6.04. The Labute approximate surface area is 117 Å². The Balaban J connectivity index is 2.19. The average molecular weight is 278 g/mol. The first kappa shape index (κ1) is 13.6. The lowest BCUT2D eigenvalue weighted by Crippen LogP contribution is -2.06. The molecule has 1 heterocycles. The maximum atomic E-state index is 6.04. The second kappa shape index (κ2) is 5.89. The third kappa shape index (κ3) is 3.15. The van der Waals surface area contributed by atoms with Crippen LogP contribution >= 0.6 is 11.6 Å². The molecule has 0 saturated heterocycles. The highest BCUT2D eigenvalue weighted by Gasteiger charge is 2.08. The molecule has 0 radical (unpaired) electrons. The van der Waals surface area contributed by atoms with Gasteiger partial charge >= 0.3 is 0 Å². The predicted molar refractivity (Wildman–Crippen MR) is 76.8 cm³/mol. The molecular weight excluding hydrogens is 262 g/mol. The quantitative estimate of drug-likeness (QED) is 0.871. The standard InChI is InChI=1S/C14H16ClN3O/c1-9-13(15)17-10(2)18-14(9)16-8-11-6-4-5-7-12(11)19-3/h4-7H,8H2,1-3H3,(H,16,17,18). The zero-order valence-corrected chi connectivity index (χ0v) is 12.0. The van der Waals surface area contributed by atoms with E-state index in [9.17, 15) is 0 Å². The number of hydrogen-bond donors (Lipinski definition) is 1. The third-order valence-corrected chi connectivity index (χ3v) is 3.21. The van der Waals surface area contributed by atoms with E-state index in [1.54, 1.807) is 7.11 Å². The van der Waals surface area contributed by atoms with Crippen molar-refractivity contribution in [2.45, 2.75) is 20.4 Å². The molecule has 1 aromatic heterocycles. The minimum absolute atomic E-state index is 0.482. The monoisotopic (exact) mass is 277 g/mol. The number of anilines is 1. The first-order valence-electron chi connectivity index (χ1n) is 5.98. The van der Waals surface area contributed by atoms with Gasteiger partial charge in [0.2, 0.25) is 0 Å². The van der Waals surface area contributed by atoms with Gasteiger partial charge in [0.15, 0.2) is 0 Å². The summed E-state index contributed by atoms with van der Waals surface area (Å²) in [6.45, 7) is 4.34. The molecular formula is C14H16ClN3O. The van der Waals surface area contributed by atoms with Gasteiger partial charge in [-0.05, 0) is 19.9 Å². The van der Waals surface area contributed by atoms with Crippen molar-refractivity contribution in [3.05, 3.63) is 46.4 Å². The Morgan fingerprint density at radius 3 is 2.68 bits per heavy atom. The minimum Gasteiger partial charge on any atom is -0.496 e. The number of halogens is 1. The van der Waals surface area contributed by atoms with Gasteiger partial charge in [-0.15, -0.1) is 0 Å². The van der Waals surface area contributed by atoms with Crippen LogP contribution in [-0.4, -0.2) is 17.1 Å². The lowest BCUT2D eigenvalue weighted by molar-refractivity contribution is 0.410. The lowest BCUT2D eigenvalue weighted by Gasteiger charge is -2.12. The fraction of sp³-hybridized carbons (Fsp3) is 0.286. The number of hydrogen-bond acceptors (Lipinski definition) is 4. The summed E-state index contributed by atoms with van der Waals surface area (Å²) in [5.41, 5.74) is 1.92. The molecule has 5 heteroatoms. The molecule has 0 spiro atoms. The number of rotatable bonds is 4. The molecule has 1 aromatic carbocycles. The molecule has 4 nitrogen and oxygen atoms in total. The van der Waals surface area contributed by atoms with E-state index < -0.39 is 0 Å². The van der Waals surface area contributed by atoms with Crippen LogP contribution in [0.5, 0.6) is 5.75 Å². The van der Waals surface area contributed by atoms with Gasteiger partial charge in [0.25, 0.3) is 0 Å². The van der Waals surface area contributed by atoms with Crippen LogP contribution in [0.25, 0.3) is 0 Å². The van der Waals surface area contributed by atoms with Crippen LogP contribution in [0.15, 0.2) is 24.3 Å². The number of benzene rings is 1. The second-order valence-corrected chi connectivity index (χ2v) is 4.56. The Hall–Kier alpha value is -1.81. The van der Waals surface area contributed by atoms with Gasteiger partial charge in [0, 0.05) is 17.7 Å². The average Bonchev–Trinajstić information content (AvgIpc) is 2.41. The van der Waals surface area contributed by atoms with Crippen molar-refractivity contribution in [3.63, 3.8) is 0 Å². The summed E-state index contributed by atoms with van der Waals surface area (Å²) < 4.78 is 5.31. The summed E-state index contributed by atoms with van der Waals surface area (Å²) in [7, 11) is 1.66. The van der Waals surface area contributed by atoms with E-state index in [0.717, 1.165) is 22.7 Å². The molecule has 0 amide bonds. The van der Waals surface area contributed by atoms with E-state index >= 15 is 0 Å². The highest BCUT2D eigenvalue weighted by molar-refractivity contribution is 6.30. The van der Waals surface area contributed by atoms with Crippen LogP contribution in [-0.2, 0) is 6.54 Å². The van der Waals surface area contributed by atoms with E-state index in [0.29, 0.717) is 17.5 Å². The van der Waals surface area contributed by atoms with E-state index in [1.807, 2.05) is 38.1 Å². The zero-order chi connectivity index (χ0) is 13.8. The minimum atomic E-state index is 0.482. The number of methoxy groups -OCH3 is 1. The Morgan fingerprint density at radius 1 is 1.21 bits per heavy atom. The number of nitrogens with zero attached hydrogens (tertiary/aromatic N) is 2. The van der Waals surface area contributed by atoms with Crippen molar-refractivity contribution < 1.29 is 4.74 Å². The number of aromatic nitrogens is 2. The molecule has 0 aliphatic heterocycles. The fourth-order valence-electron chi connectivity index (χ4n) is 1.79. The van der Waals surface area contributed by atoms with E-state index in [4.69, 9.17) is 16.3 Å². The highest BCUT2D eigenvalue weighted by Crippen LogP contribution is 2.22. The van der Waals surface area contributed by atoms with Crippen molar-refractivity contribution in [1.82, 2.24) is 9.97 Å². The molecule has 2 aromatic rings. The van der Waals surface area contributed by atoms with Crippen molar-refractivity contribution in [1.29, 1.82) is 0 Å². The Bertz CT molecular complexity index is 587. The van der Waals surface area contributed by atoms with E-state index in [2.05, 4.69) is 15.3 Å². The maximum Gasteiger partial charge on any atom is 0.137 e. The van der Waals surface area contributed by atoms with Gasteiger partial charge in [0.05, 0.1) is 7.11 Å². The zero-order valence-electron chi connectivity index (χ0n) is 11.2. The van der Waals surface area contributed by atoms with Crippen molar-refractivity contribution >= 4 is 17.4 Å². The molecule has 19 heavy (non-hydrogen) atoms. The van der Waals surface area contributed by atoms with Crippen LogP contribution in [0.2, 0.25) is 5.15 Å².